The lowest BCUT2D eigenvalue weighted by atomic mass is 10.1. The highest BCUT2D eigenvalue weighted by molar-refractivity contribution is 6.12. The van der Waals surface area contributed by atoms with Gasteiger partial charge in [-0.3, -0.25) is 14.4 Å². The van der Waals surface area contributed by atoms with E-state index in [1.807, 2.05) is 0 Å². The summed E-state index contributed by atoms with van der Waals surface area (Å²) in [5.74, 6) is -2.34. The van der Waals surface area contributed by atoms with E-state index in [2.05, 4.69) is 15.5 Å². The van der Waals surface area contributed by atoms with Gasteiger partial charge in [-0.15, -0.1) is 0 Å². The first-order valence-electron chi connectivity index (χ1n) is 5.62. The Morgan fingerprint density at radius 2 is 2.05 bits per heavy atom. The Labute approximate surface area is 108 Å². The Hall–Kier alpha value is -2.38. The molecule has 0 aromatic heterocycles. The molecule has 9 heteroatoms. The number of unbranched alkanes of at least 4 members (excludes halogenated alkanes) is 1. The molecular formula is C10H13N5O4. The first-order chi connectivity index (χ1) is 9.06. The fraction of sp³-hybridized carbons (Fsp3) is 0.500. The van der Waals surface area contributed by atoms with Crippen LogP contribution in [0.5, 0.6) is 0 Å². The minimum Gasteiger partial charge on any atom is -0.480 e. The first-order valence-corrected chi connectivity index (χ1v) is 5.62. The van der Waals surface area contributed by atoms with Crippen molar-refractivity contribution in [1.29, 1.82) is 0 Å². The Morgan fingerprint density at radius 3 is 2.58 bits per heavy atom. The first kappa shape index (κ1) is 14.7. The summed E-state index contributed by atoms with van der Waals surface area (Å²) in [6.45, 7) is 0.284. The van der Waals surface area contributed by atoms with Gasteiger partial charge in [0.15, 0.2) is 0 Å². The van der Waals surface area contributed by atoms with Crippen molar-refractivity contribution >= 4 is 17.8 Å². The van der Waals surface area contributed by atoms with E-state index in [4.69, 9.17) is 10.6 Å². The number of carbonyl (C=O) groups excluding carboxylic acids is 2. The third-order valence-corrected chi connectivity index (χ3v) is 2.46. The van der Waals surface area contributed by atoms with Crippen LogP contribution in [0.25, 0.3) is 10.4 Å². The van der Waals surface area contributed by atoms with Gasteiger partial charge in [0.1, 0.15) is 6.04 Å². The molecule has 1 unspecified atom stereocenters. The maximum absolute atomic E-state index is 11.3. The van der Waals surface area contributed by atoms with Crippen LogP contribution in [0.1, 0.15) is 19.3 Å². The monoisotopic (exact) mass is 267 g/mol. The predicted octanol–water partition coefficient (Wildman–Crippen LogP) is 0.350. The molecule has 2 N–H and O–H groups in total. The molecule has 2 amide bonds. The molecule has 1 aliphatic rings. The number of carbonyl (C=O) groups is 3. The molecule has 0 fully saturated rings. The van der Waals surface area contributed by atoms with Gasteiger partial charge in [0, 0.05) is 23.6 Å². The Balaban J connectivity index is 2.45. The average molecular weight is 267 g/mol. The molecule has 0 radical (unpaired) electrons. The van der Waals surface area contributed by atoms with Crippen LogP contribution in [0.4, 0.5) is 0 Å². The highest BCUT2D eigenvalue weighted by Crippen LogP contribution is 2.06. The number of hydrogen-bond acceptors (Lipinski definition) is 5. The Kier molecular flexibility index (Phi) is 5.52. The van der Waals surface area contributed by atoms with E-state index in [1.165, 1.54) is 0 Å². The van der Waals surface area contributed by atoms with Crippen LogP contribution in [-0.4, -0.2) is 40.5 Å². The lowest BCUT2D eigenvalue weighted by molar-refractivity contribution is -0.146. The highest BCUT2D eigenvalue weighted by Gasteiger charge is 2.28. The molecule has 0 spiro atoms. The lowest BCUT2D eigenvalue weighted by Crippen LogP contribution is -2.51. The van der Waals surface area contributed by atoms with E-state index in [-0.39, 0.29) is 13.0 Å². The summed E-state index contributed by atoms with van der Waals surface area (Å²) in [6, 6.07) is -1.04. The van der Waals surface area contributed by atoms with Crippen LogP contribution in [0.3, 0.4) is 0 Å². The zero-order chi connectivity index (χ0) is 14.3. The zero-order valence-corrected chi connectivity index (χ0v) is 10.0. The van der Waals surface area contributed by atoms with Crippen molar-refractivity contribution in [1.82, 2.24) is 10.4 Å². The normalized spacial score (nSPS) is 15.5. The van der Waals surface area contributed by atoms with Crippen molar-refractivity contribution in [2.75, 3.05) is 6.54 Å². The number of imide groups is 1. The zero-order valence-electron chi connectivity index (χ0n) is 10.0. The number of carboxylic acids is 1. The summed E-state index contributed by atoms with van der Waals surface area (Å²) < 4.78 is 0. The number of amides is 2. The summed E-state index contributed by atoms with van der Waals surface area (Å²) in [4.78, 5) is 36.1. The third kappa shape index (κ3) is 4.41. The van der Waals surface area contributed by atoms with Crippen molar-refractivity contribution in [3.05, 3.63) is 22.6 Å². The van der Waals surface area contributed by atoms with Crippen molar-refractivity contribution in [3.63, 3.8) is 0 Å². The maximum Gasteiger partial charge on any atom is 0.322 e. The van der Waals surface area contributed by atoms with Crippen LogP contribution in [-0.2, 0) is 14.4 Å². The molecule has 0 aromatic carbocycles. The van der Waals surface area contributed by atoms with Crippen LogP contribution in [0.2, 0.25) is 0 Å². The van der Waals surface area contributed by atoms with Crippen LogP contribution < -0.4 is 5.43 Å². The number of aliphatic carboxylic acids is 1. The SMILES string of the molecule is [N-]=[N+]=NCCCCC(NN1C(=O)C=CC1=O)C(=O)O. The largest absolute Gasteiger partial charge is 0.480 e. The molecular weight excluding hydrogens is 254 g/mol. The second-order valence-electron chi connectivity index (χ2n) is 3.82. The molecule has 0 aliphatic carbocycles. The molecule has 102 valence electrons. The van der Waals surface area contributed by atoms with Gasteiger partial charge >= 0.3 is 5.97 Å². The second-order valence-corrected chi connectivity index (χ2v) is 3.82. The van der Waals surface area contributed by atoms with Crippen LogP contribution in [0.15, 0.2) is 17.3 Å². The summed E-state index contributed by atoms with van der Waals surface area (Å²) in [6.07, 6.45) is 3.38. The van der Waals surface area contributed by atoms with Gasteiger partial charge in [-0.2, -0.15) is 0 Å². The molecule has 0 saturated heterocycles. The average Bonchev–Trinajstić information content (AvgIpc) is 2.68. The van der Waals surface area contributed by atoms with Crippen molar-refractivity contribution in [2.45, 2.75) is 25.3 Å². The minimum absolute atomic E-state index is 0.216. The molecule has 0 bridgehead atoms. The van der Waals surface area contributed by atoms with E-state index in [9.17, 15) is 14.4 Å². The summed E-state index contributed by atoms with van der Waals surface area (Å²) >= 11 is 0. The van der Waals surface area contributed by atoms with Crippen LogP contribution in [0, 0.1) is 0 Å². The van der Waals surface area contributed by atoms with Gasteiger partial charge in [-0.25, -0.2) is 10.4 Å². The number of rotatable bonds is 8. The quantitative estimate of drug-likeness (QED) is 0.215. The number of nitrogens with one attached hydrogen (secondary N) is 1. The predicted molar refractivity (Wildman–Crippen MR) is 63.4 cm³/mol. The van der Waals surface area contributed by atoms with Crippen molar-refractivity contribution in [3.8, 4) is 0 Å². The standard InChI is InChI=1S/C10H13N5O4/c11-14-12-6-2-1-3-7(10(18)19)13-15-8(16)4-5-9(15)17/h4-5,7,13H,1-3,6H2,(H,18,19). The molecule has 1 atom stereocenters. The second kappa shape index (κ2) is 7.14. The van der Waals surface area contributed by atoms with Crippen LogP contribution >= 0.6 is 0 Å². The van der Waals surface area contributed by atoms with Gasteiger partial charge in [-0.1, -0.05) is 11.5 Å². The maximum atomic E-state index is 11.3. The Morgan fingerprint density at radius 1 is 1.42 bits per heavy atom. The fourth-order valence-corrected chi connectivity index (χ4v) is 1.50. The molecule has 19 heavy (non-hydrogen) atoms. The number of hydrogen-bond donors (Lipinski definition) is 2. The third-order valence-electron chi connectivity index (χ3n) is 2.46. The number of carboxylic acid groups (broad SMARTS) is 1. The van der Waals surface area contributed by atoms with E-state index >= 15 is 0 Å². The van der Waals surface area contributed by atoms with Gasteiger partial charge < -0.3 is 5.11 Å². The summed E-state index contributed by atoms with van der Waals surface area (Å²) in [5.41, 5.74) is 10.4. The topological polar surface area (TPSA) is 135 Å². The van der Waals surface area contributed by atoms with Crippen molar-refractivity contribution < 1.29 is 19.5 Å². The van der Waals surface area contributed by atoms with Crippen molar-refractivity contribution in [2.24, 2.45) is 5.11 Å². The lowest BCUT2D eigenvalue weighted by Gasteiger charge is -2.20. The molecule has 9 nitrogen and oxygen atoms in total. The highest BCUT2D eigenvalue weighted by atomic mass is 16.4. The molecule has 1 heterocycles. The number of hydrazine groups is 1. The molecule has 0 saturated carbocycles. The molecule has 0 aromatic rings. The number of azide groups is 1. The molecule has 1 rings (SSSR count). The van der Waals surface area contributed by atoms with E-state index in [0.29, 0.717) is 17.9 Å². The van der Waals surface area contributed by atoms with E-state index in [0.717, 1.165) is 12.2 Å². The van der Waals surface area contributed by atoms with E-state index in [1.54, 1.807) is 0 Å². The van der Waals surface area contributed by atoms with E-state index < -0.39 is 23.8 Å². The fourth-order valence-electron chi connectivity index (χ4n) is 1.50. The van der Waals surface area contributed by atoms with Gasteiger partial charge in [-0.05, 0) is 18.4 Å². The Bertz CT molecular complexity index is 437. The van der Waals surface area contributed by atoms with Gasteiger partial charge in [0.2, 0.25) is 0 Å². The van der Waals surface area contributed by atoms with Gasteiger partial charge in [0.05, 0.1) is 0 Å². The number of nitrogens with zero attached hydrogens (tertiary/aromatic N) is 4. The minimum atomic E-state index is -1.16. The van der Waals surface area contributed by atoms with Gasteiger partial charge in [0.25, 0.3) is 11.8 Å². The summed E-state index contributed by atoms with van der Waals surface area (Å²) in [5, 5.41) is 13.0. The smallest absolute Gasteiger partial charge is 0.322 e. The summed E-state index contributed by atoms with van der Waals surface area (Å²) in [7, 11) is 0. The molecule has 1 aliphatic heterocycles.